The average Bonchev–Trinajstić information content (AvgIpc) is 3.44. The highest BCUT2D eigenvalue weighted by Gasteiger charge is 2.17. The van der Waals surface area contributed by atoms with Gasteiger partial charge in [-0.25, -0.2) is 4.98 Å². The normalized spacial score (nSPS) is 11.4. The van der Waals surface area contributed by atoms with Crippen LogP contribution in [-0.4, -0.2) is 9.38 Å². The van der Waals surface area contributed by atoms with Crippen LogP contribution in [0.25, 0.3) is 70.6 Å². The molecule has 4 heteroatoms. The van der Waals surface area contributed by atoms with E-state index in [2.05, 4.69) is 103 Å². The summed E-state index contributed by atoms with van der Waals surface area (Å²) >= 11 is 1.55. The van der Waals surface area contributed by atoms with Crippen molar-refractivity contribution in [2.75, 3.05) is 0 Å². The van der Waals surface area contributed by atoms with Crippen molar-refractivity contribution in [2.45, 2.75) is 0 Å². The van der Waals surface area contributed by atoms with Crippen molar-refractivity contribution in [3.63, 3.8) is 0 Å². The van der Waals surface area contributed by atoms with Crippen molar-refractivity contribution in [3.05, 3.63) is 156 Å². The van der Waals surface area contributed by atoms with Crippen LogP contribution in [0.15, 0.2) is 150 Å². The van der Waals surface area contributed by atoms with E-state index >= 15 is 0 Å². The first kappa shape index (κ1) is 24.5. The van der Waals surface area contributed by atoms with Crippen molar-refractivity contribution in [1.82, 2.24) is 9.38 Å². The number of nitrogens with zero attached hydrogens (tertiary/aromatic N) is 2. The Morgan fingerprint density at radius 3 is 1.74 bits per heavy atom. The molecule has 0 saturated heterocycles. The molecule has 0 unspecified atom stereocenters. The van der Waals surface area contributed by atoms with Gasteiger partial charge in [-0.1, -0.05) is 121 Å². The molecule has 0 aliphatic rings. The van der Waals surface area contributed by atoms with Gasteiger partial charge >= 0.3 is 0 Å². The molecule has 0 N–H and O–H groups in total. The standard InChI is InChI=1S/C38H24N2OS/c41-37-33-24-31(29-17-9-15-27(21-29)25-11-3-1-4-12-25)23-32(30-18-10-16-28(22-30)26-13-5-2-6-14-26)36(33)39-38-40(37)34-19-7-8-20-35(34)42-38/h1-24H. The number of fused-ring (bicyclic) bond motifs is 4. The number of hydrogen-bond donors (Lipinski definition) is 0. The molecule has 2 heterocycles. The number of benzene rings is 6. The highest BCUT2D eigenvalue weighted by atomic mass is 32.1. The maximum absolute atomic E-state index is 14.2. The molecule has 42 heavy (non-hydrogen) atoms. The molecular formula is C38H24N2OS. The van der Waals surface area contributed by atoms with Crippen LogP contribution in [-0.2, 0) is 0 Å². The smallest absolute Gasteiger partial charge is 0.266 e. The highest BCUT2D eigenvalue weighted by Crippen LogP contribution is 2.36. The van der Waals surface area contributed by atoms with Gasteiger partial charge in [0, 0.05) is 5.56 Å². The van der Waals surface area contributed by atoms with Gasteiger partial charge in [-0.2, -0.15) is 0 Å². The van der Waals surface area contributed by atoms with Gasteiger partial charge in [0.05, 0.1) is 21.1 Å². The first-order chi connectivity index (χ1) is 20.7. The molecule has 0 fully saturated rings. The topological polar surface area (TPSA) is 34.4 Å². The molecule has 8 rings (SSSR count). The zero-order valence-corrected chi connectivity index (χ0v) is 23.4. The summed E-state index contributed by atoms with van der Waals surface area (Å²) in [4.78, 5) is 20.1. The zero-order chi connectivity index (χ0) is 28.0. The third-order valence-corrected chi connectivity index (χ3v) is 8.85. The summed E-state index contributed by atoms with van der Waals surface area (Å²) in [5.74, 6) is 0. The number of hydrogen-bond acceptors (Lipinski definition) is 3. The third kappa shape index (κ3) is 4.12. The van der Waals surface area contributed by atoms with Gasteiger partial charge in [0.2, 0.25) is 0 Å². The van der Waals surface area contributed by atoms with Gasteiger partial charge in [-0.3, -0.25) is 9.20 Å². The maximum atomic E-state index is 14.2. The van der Waals surface area contributed by atoms with Crippen LogP contribution in [0.3, 0.4) is 0 Å². The summed E-state index contributed by atoms with van der Waals surface area (Å²) in [6.45, 7) is 0. The summed E-state index contributed by atoms with van der Waals surface area (Å²) < 4.78 is 2.80. The molecule has 8 aromatic rings. The fraction of sp³-hybridized carbons (Fsp3) is 0. The van der Waals surface area contributed by atoms with E-state index in [0.29, 0.717) is 10.3 Å². The number of aromatic nitrogens is 2. The van der Waals surface area contributed by atoms with Crippen molar-refractivity contribution in [3.8, 4) is 44.5 Å². The number of para-hydroxylation sites is 1. The second-order valence-corrected chi connectivity index (χ2v) is 11.4. The molecule has 198 valence electrons. The van der Waals surface area contributed by atoms with Crippen LogP contribution in [0, 0.1) is 0 Å². The average molecular weight is 557 g/mol. The van der Waals surface area contributed by atoms with Gasteiger partial charge in [0.25, 0.3) is 5.56 Å². The lowest BCUT2D eigenvalue weighted by Crippen LogP contribution is -2.14. The first-order valence-electron chi connectivity index (χ1n) is 13.9. The molecule has 0 aliphatic carbocycles. The number of rotatable bonds is 4. The van der Waals surface area contributed by atoms with Crippen molar-refractivity contribution in [2.24, 2.45) is 0 Å². The van der Waals surface area contributed by atoms with Crippen LogP contribution >= 0.6 is 11.3 Å². The lowest BCUT2D eigenvalue weighted by atomic mass is 9.93. The van der Waals surface area contributed by atoms with Gasteiger partial charge in [0.15, 0.2) is 4.96 Å². The van der Waals surface area contributed by atoms with Crippen LogP contribution in [0.2, 0.25) is 0 Å². The molecular weight excluding hydrogens is 532 g/mol. The first-order valence-corrected chi connectivity index (χ1v) is 14.7. The molecule has 0 saturated carbocycles. The predicted molar refractivity (Wildman–Crippen MR) is 176 cm³/mol. The highest BCUT2D eigenvalue weighted by molar-refractivity contribution is 7.23. The monoisotopic (exact) mass is 556 g/mol. The van der Waals surface area contributed by atoms with E-state index in [9.17, 15) is 4.79 Å². The fourth-order valence-electron chi connectivity index (χ4n) is 5.77. The molecule has 0 radical (unpaired) electrons. The fourth-order valence-corrected chi connectivity index (χ4v) is 6.79. The van der Waals surface area contributed by atoms with E-state index in [0.717, 1.165) is 60.2 Å². The van der Waals surface area contributed by atoms with Gasteiger partial charge in [-0.15, -0.1) is 0 Å². The van der Waals surface area contributed by atoms with Crippen LogP contribution in [0.1, 0.15) is 0 Å². The molecule has 2 aromatic heterocycles. The summed E-state index contributed by atoms with van der Waals surface area (Å²) in [5, 5.41) is 0.610. The van der Waals surface area contributed by atoms with Crippen LogP contribution in [0.4, 0.5) is 0 Å². The summed E-state index contributed by atoms with van der Waals surface area (Å²) in [6.07, 6.45) is 0. The Bertz CT molecular complexity index is 2320. The largest absolute Gasteiger partial charge is 0.268 e. The third-order valence-electron chi connectivity index (χ3n) is 7.83. The van der Waals surface area contributed by atoms with Gasteiger partial charge in [-0.05, 0) is 75.3 Å². The molecule has 3 nitrogen and oxygen atoms in total. The van der Waals surface area contributed by atoms with E-state index in [-0.39, 0.29) is 5.56 Å². The lowest BCUT2D eigenvalue weighted by Gasteiger charge is -2.13. The van der Waals surface area contributed by atoms with E-state index < -0.39 is 0 Å². The summed E-state index contributed by atoms with van der Waals surface area (Å²) in [7, 11) is 0. The minimum Gasteiger partial charge on any atom is -0.268 e. The minimum absolute atomic E-state index is 0.0472. The lowest BCUT2D eigenvalue weighted by molar-refractivity contribution is 1.16. The van der Waals surface area contributed by atoms with E-state index in [1.54, 1.807) is 15.7 Å². The molecule has 0 spiro atoms. The molecule has 0 amide bonds. The van der Waals surface area contributed by atoms with E-state index in [1.807, 2.05) is 42.5 Å². The second kappa shape index (κ2) is 9.95. The minimum atomic E-state index is -0.0472. The Hall–Kier alpha value is -5.32. The van der Waals surface area contributed by atoms with E-state index in [4.69, 9.17) is 4.98 Å². The molecule has 0 atom stereocenters. The Morgan fingerprint density at radius 2 is 1.05 bits per heavy atom. The second-order valence-electron chi connectivity index (χ2n) is 10.4. The number of thiazole rings is 1. The van der Waals surface area contributed by atoms with Crippen LogP contribution < -0.4 is 5.56 Å². The molecule has 6 aromatic carbocycles. The van der Waals surface area contributed by atoms with Crippen LogP contribution in [0.5, 0.6) is 0 Å². The van der Waals surface area contributed by atoms with Gasteiger partial charge < -0.3 is 0 Å². The quantitative estimate of drug-likeness (QED) is 0.216. The summed E-state index contributed by atoms with van der Waals surface area (Å²) in [6, 6.07) is 50.0. The Kier molecular flexibility index (Phi) is 5.80. The summed E-state index contributed by atoms with van der Waals surface area (Å²) in [5.41, 5.74) is 10.1. The Morgan fingerprint density at radius 1 is 0.500 bits per heavy atom. The SMILES string of the molecule is O=c1c2cc(-c3cccc(-c4ccccc4)c3)cc(-c3cccc(-c4ccccc4)c3)c2nc2sc3ccccc3n12. The predicted octanol–water partition coefficient (Wildman–Crippen LogP) is 9.73. The maximum Gasteiger partial charge on any atom is 0.266 e. The van der Waals surface area contributed by atoms with Crippen molar-refractivity contribution >= 4 is 37.4 Å². The van der Waals surface area contributed by atoms with Crippen molar-refractivity contribution in [1.29, 1.82) is 0 Å². The Balaban J connectivity index is 1.42. The van der Waals surface area contributed by atoms with Gasteiger partial charge in [0.1, 0.15) is 0 Å². The molecule has 0 aliphatic heterocycles. The van der Waals surface area contributed by atoms with Crippen molar-refractivity contribution < 1.29 is 0 Å². The zero-order valence-electron chi connectivity index (χ0n) is 22.6. The van der Waals surface area contributed by atoms with E-state index in [1.165, 1.54) is 0 Å². The Labute approximate surface area is 246 Å². The molecule has 0 bridgehead atoms.